The summed E-state index contributed by atoms with van der Waals surface area (Å²) < 4.78 is 5.26. The Morgan fingerprint density at radius 2 is 1.95 bits per heavy atom. The summed E-state index contributed by atoms with van der Waals surface area (Å²) in [4.78, 5) is 22.9. The molecule has 7 heteroatoms. The number of aryl methyl sites for hydroxylation is 1. The summed E-state index contributed by atoms with van der Waals surface area (Å²) in [5, 5.41) is 12.2. The number of benzene rings is 1. The van der Waals surface area contributed by atoms with E-state index in [0.29, 0.717) is 10.8 Å². The maximum Gasteiger partial charge on any atom is 0.339 e. The molecule has 1 heterocycles. The van der Waals surface area contributed by atoms with Crippen molar-refractivity contribution in [2.75, 3.05) is 0 Å². The van der Waals surface area contributed by atoms with Crippen LogP contribution in [0, 0.1) is 6.92 Å². The van der Waals surface area contributed by atoms with E-state index in [0.717, 1.165) is 0 Å². The average molecular weight is 328 g/mol. The summed E-state index contributed by atoms with van der Waals surface area (Å²) >= 11 is 11.7. The minimum absolute atomic E-state index is 0.0514. The van der Waals surface area contributed by atoms with Crippen LogP contribution in [0.3, 0.4) is 0 Å². The van der Waals surface area contributed by atoms with Crippen molar-refractivity contribution in [3.8, 4) is 0 Å². The molecule has 0 bridgehead atoms. The monoisotopic (exact) mass is 327 g/mol. The molecule has 21 heavy (non-hydrogen) atoms. The topological polar surface area (TPSA) is 79.5 Å². The molecule has 1 amide bonds. The fraction of sp³-hybridized carbons (Fsp3) is 0.143. The predicted octanol–water partition coefficient (Wildman–Crippen LogP) is 3.52. The molecular weight excluding hydrogens is 317 g/mol. The summed E-state index contributed by atoms with van der Waals surface area (Å²) in [6, 6.07) is 5.93. The lowest BCUT2D eigenvalue weighted by Gasteiger charge is -2.05. The molecule has 0 unspecified atom stereocenters. The Balaban J connectivity index is 2.09. The molecule has 0 aliphatic carbocycles. The smallest absolute Gasteiger partial charge is 0.339 e. The number of nitrogens with one attached hydrogen (secondary N) is 1. The van der Waals surface area contributed by atoms with Crippen molar-refractivity contribution in [1.82, 2.24) is 5.32 Å². The van der Waals surface area contributed by atoms with Gasteiger partial charge in [0.15, 0.2) is 0 Å². The number of carboxylic acids is 1. The molecule has 0 radical (unpaired) electrons. The summed E-state index contributed by atoms with van der Waals surface area (Å²) in [6.07, 6.45) is 0. The van der Waals surface area contributed by atoms with Crippen molar-refractivity contribution in [3.05, 3.63) is 57.0 Å². The molecule has 0 saturated carbocycles. The first-order valence-corrected chi connectivity index (χ1v) is 6.70. The highest BCUT2D eigenvalue weighted by Gasteiger charge is 2.15. The highest BCUT2D eigenvalue weighted by Crippen LogP contribution is 2.21. The molecule has 5 nitrogen and oxygen atoms in total. The van der Waals surface area contributed by atoms with E-state index in [1.165, 1.54) is 18.2 Å². The lowest BCUT2D eigenvalue weighted by Crippen LogP contribution is -2.22. The van der Waals surface area contributed by atoms with Crippen LogP contribution < -0.4 is 5.32 Å². The van der Waals surface area contributed by atoms with Crippen LogP contribution in [-0.2, 0) is 6.54 Å². The van der Waals surface area contributed by atoms with Crippen LogP contribution in [0.4, 0.5) is 0 Å². The van der Waals surface area contributed by atoms with Gasteiger partial charge in [-0.15, -0.1) is 0 Å². The minimum atomic E-state index is -1.08. The molecule has 2 N–H and O–H groups in total. The zero-order valence-corrected chi connectivity index (χ0v) is 12.5. The summed E-state index contributed by atoms with van der Waals surface area (Å²) in [5.41, 5.74) is 0.311. The Labute approximate surface area is 130 Å². The third-order valence-corrected chi connectivity index (χ3v) is 3.36. The van der Waals surface area contributed by atoms with Gasteiger partial charge in [-0.2, -0.15) is 0 Å². The van der Waals surface area contributed by atoms with E-state index in [1.807, 2.05) is 0 Å². The molecular formula is C14H11Cl2NO4. The Bertz CT molecular complexity index is 709. The van der Waals surface area contributed by atoms with E-state index in [-0.39, 0.29) is 28.5 Å². The van der Waals surface area contributed by atoms with Crippen molar-refractivity contribution >= 4 is 35.1 Å². The van der Waals surface area contributed by atoms with Gasteiger partial charge in [-0.05, 0) is 31.2 Å². The van der Waals surface area contributed by atoms with Gasteiger partial charge in [0.25, 0.3) is 5.91 Å². The summed E-state index contributed by atoms with van der Waals surface area (Å²) in [6.45, 7) is 1.60. The van der Waals surface area contributed by atoms with Gasteiger partial charge < -0.3 is 14.8 Å². The number of carboxylic acid groups (broad SMARTS) is 1. The Morgan fingerprint density at radius 3 is 2.57 bits per heavy atom. The van der Waals surface area contributed by atoms with Gasteiger partial charge in [0.2, 0.25) is 0 Å². The second-order valence-corrected chi connectivity index (χ2v) is 5.14. The van der Waals surface area contributed by atoms with E-state index >= 15 is 0 Å². The first-order valence-electron chi connectivity index (χ1n) is 5.94. The van der Waals surface area contributed by atoms with Crippen LogP contribution in [0.2, 0.25) is 10.0 Å². The fourth-order valence-electron chi connectivity index (χ4n) is 1.78. The van der Waals surface area contributed by atoms with Gasteiger partial charge in [0.1, 0.15) is 17.1 Å². The van der Waals surface area contributed by atoms with Gasteiger partial charge in [0.05, 0.1) is 17.1 Å². The predicted molar refractivity (Wildman–Crippen MR) is 78.0 cm³/mol. The zero-order chi connectivity index (χ0) is 15.6. The van der Waals surface area contributed by atoms with E-state index in [4.69, 9.17) is 32.7 Å². The molecule has 0 atom stereocenters. The Morgan fingerprint density at radius 1 is 1.24 bits per heavy atom. The van der Waals surface area contributed by atoms with Crippen LogP contribution in [0.15, 0.2) is 28.7 Å². The zero-order valence-electron chi connectivity index (χ0n) is 10.9. The number of rotatable bonds is 4. The van der Waals surface area contributed by atoms with E-state index in [1.54, 1.807) is 13.0 Å². The fourth-order valence-corrected chi connectivity index (χ4v) is 2.15. The van der Waals surface area contributed by atoms with Gasteiger partial charge in [-0.25, -0.2) is 4.79 Å². The highest BCUT2D eigenvalue weighted by atomic mass is 35.5. The maximum atomic E-state index is 12.0. The third-order valence-electron chi connectivity index (χ3n) is 2.80. The third kappa shape index (κ3) is 3.56. The quantitative estimate of drug-likeness (QED) is 0.900. The van der Waals surface area contributed by atoms with Crippen LogP contribution in [0.25, 0.3) is 0 Å². The number of hydrogen-bond donors (Lipinski definition) is 2. The van der Waals surface area contributed by atoms with Crippen molar-refractivity contribution in [2.45, 2.75) is 13.5 Å². The van der Waals surface area contributed by atoms with Crippen molar-refractivity contribution in [2.24, 2.45) is 0 Å². The van der Waals surface area contributed by atoms with E-state index in [2.05, 4.69) is 5.32 Å². The number of carbonyl (C=O) groups is 2. The van der Waals surface area contributed by atoms with Crippen molar-refractivity contribution in [1.29, 1.82) is 0 Å². The molecule has 0 aliphatic heterocycles. The molecule has 0 saturated heterocycles. The number of aromatic carboxylic acids is 1. The van der Waals surface area contributed by atoms with E-state index in [9.17, 15) is 9.59 Å². The first kappa shape index (κ1) is 15.4. The molecule has 0 spiro atoms. The number of furan rings is 1. The Hall–Kier alpha value is -1.98. The lowest BCUT2D eigenvalue weighted by molar-refractivity contribution is 0.0694. The molecule has 110 valence electrons. The largest absolute Gasteiger partial charge is 0.478 e. The van der Waals surface area contributed by atoms with Crippen LogP contribution in [-0.4, -0.2) is 17.0 Å². The maximum absolute atomic E-state index is 12.0. The minimum Gasteiger partial charge on any atom is -0.478 e. The molecule has 1 aromatic carbocycles. The van der Waals surface area contributed by atoms with Crippen LogP contribution in [0.5, 0.6) is 0 Å². The van der Waals surface area contributed by atoms with Gasteiger partial charge in [-0.3, -0.25) is 4.79 Å². The molecule has 0 fully saturated rings. The number of amides is 1. The summed E-state index contributed by atoms with van der Waals surface area (Å²) in [5.74, 6) is -0.871. The van der Waals surface area contributed by atoms with Crippen LogP contribution >= 0.6 is 23.2 Å². The molecule has 2 aromatic rings. The number of halogens is 2. The SMILES string of the molecule is Cc1oc(CNC(=O)c2cc(Cl)ccc2Cl)cc1C(=O)O. The Kier molecular flexibility index (Phi) is 4.55. The highest BCUT2D eigenvalue weighted by molar-refractivity contribution is 6.35. The number of hydrogen-bond acceptors (Lipinski definition) is 3. The molecule has 1 aromatic heterocycles. The van der Waals surface area contributed by atoms with Crippen molar-refractivity contribution < 1.29 is 19.1 Å². The molecule has 2 rings (SSSR count). The molecule has 0 aliphatic rings. The lowest BCUT2D eigenvalue weighted by atomic mass is 10.2. The second-order valence-electron chi connectivity index (χ2n) is 4.29. The van der Waals surface area contributed by atoms with Gasteiger partial charge in [-0.1, -0.05) is 23.2 Å². The normalized spacial score (nSPS) is 10.4. The first-order chi connectivity index (χ1) is 9.88. The van der Waals surface area contributed by atoms with Gasteiger partial charge >= 0.3 is 5.97 Å². The van der Waals surface area contributed by atoms with Gasteiger partial charge in [0, 0.05) is 5.02 Å². The summed E-state index contributed by atoms with van der Waals surface area (Å²) in [7, 11) is 0. The number of carbonyl (C=O) groups excluding carboxylic acids is 1. The average Bonchev–Trinajstić information content (AvgIpc) is 2.80. The standard InChI is InChI=1S/C14H11Cl2NO4/c1-7-10(14(19)20)5-9(21-7)6-17-13(18)11-4-8(15)2-3-12(11)16/h2-5H,6H2,1H3,(H,17,18)(H,19,20). The van der Waals surface area contributed by atoms with Crippen molar-refractivity contribution in [3.63, 3.8) is 0 Å². The van der Waals surface area contributed by atoms with Crippen LogP contribution in [0.1, 0.15) is 32.2 Å². The van der Waals surface area contributed by atoms with E-state index < -0.39 is 11.9 Å². The second kappa shape index (κ2) is 6.20.